The fourth-order valence-electron chi connectivity index (χ4n) is 2.90. The van der Waals surface area contributed by atoms with E-state index in [0.717, 1.165) is 11.8 Å². The molecule has 0 amide bonds. The molecular formula is C11H21N. The van der Waals surface area contributed by atoms with Crippen LogP contribution in [0.1, 0.15) is 39.0 Å². The molecule has 1 heteroatoms. The van der Waals surface area contributed by atoms with Gasteiger partial charge in [0.05, 0.1) is 0 Å². The van der Waals surface area contributed by atoms with Crippen molar-refractivity contribution in [2.24, 2.45) is 11.8 Å². The minimum absolute atomic E-state index is 1.09. The third-order valence-electron chi connectivity index (χ3n) is 3.63. The minimum atomic E-state index is 1.09. The van der Waals surface area contributed by atoms with Crippen molar-refractivity contribution in [2.45, 2.75) is 39.0 Å². The summed E-state index contributed by atoms with van der Waals surface area (Å²) in [6, 6.07) is 0. The lowest BCUT2D eigenvalue weighted by molar-refractivity contribution is 0.306. The molecule has 1 aliphatic heterocycles. The van der Waals surface area contributed by atoms with E-state index in [9.17, 15) is 0 Å². The zero-order chi connectivity index (χ0) is 8.39. The van der Waals surface area contributed by atoms with Gasteiger partial charge in [-0.1, -0.05) is 19.8 Å². The van der Waals surface area contributed by atoms with E-state index in [4.69, 9.17) is 0 Å². The Morgan fingerprint density at radius 3 is 2.42 bits per heavy atom. The summed E-state index contributed by atoms with van der Waals surface area (Å²) in [6.07, 6.45) is 7.31. The lowest BCUT2D eigenvalue weighted by Crippen LogP contribution is -2.22. The number of unbranched alkanes of at least 4 members (excludes halogenated alkanes) is 1. The molecule has 1 nitrogen and oxygen atoms in total. The van der Waals surface area contributed by atoms with Crippen LogP contribution >= 0.6 is 0 Å². The topological polar surface area (TPSA) is 3.24 Å². The summed E-state index contributed by atoms with van der Waals surface area (Å²) in [4.78, 5) is 2.69. The fourth-order valence-corrected chi connectivity index (χ4v) is 2.90. The first-order chi connectivity index (χ1) is 5.90. The monoisotopic (exact) mass is 167 g/mol. The van der Waals surface area contributed by atoms with Crippen LogP contribution in [0.3, 0.4) is 0 Å². The molecule has 0 unspecified atom stereocenters. The van der Waals surface area contributed by atoms with Crippen LogP contribution in [0.25, 0.3) is 0 Å². The van der Waals surface area contributed by atoms with Gasteiger partial charge in [-0.05, 0) is 37.6 Å². The van der Waals surface area contributed by atoms with Gasteiger partial charge in [-0.3, -0.25) is 0 Å². The SMILES string of the molecule is CCCCN1C[C@H]2CCC[C@H]2C1. The molecule has 0 aromatic rings. The Bertz CT molecular complexity index is 132. The Morgan fingerprint density at radius 2 is 1.83 bits per heavy atom. The number of nitrogens with zero attached hydrogens (tertiary/aromatic N) is 1. The van der Waals surface area contributed by atoms with Gasteiger partial charge >= 0.3 is 0 Å². The van der Waals surface area contributed by atoms with Gasteiger partial charge in [-0.25, -0.2) is 0 Å². The summed E-state index contributed by atoms with van der Waals surface area (Å²) in [6.45, 7) is 6.50. The molecule has 0 aromatic heterocycles. The van der Waals surface area contributed by atoms with Crippen molar-refractivity contribution in [3.05, 3.63) is 0 Å². The van der Waals surface area contributed by atoms with E-state index in [2.05, 4.69) is 11.8 Å². The largest absolute Gasteiger partial charge is 0.303 e. The first-order valence-corrected chi connectivity index (χ1v) is 5.62. The lowest BCUT2D eigenvalue weighted by atomic mass is 10.0. The summed E-state index contributed by atoms with van der Waals surface area (Å²) in [5.41, 5.74) is 0. The predicted molar refractivity (Wildman–Crippen MR) is 52.2 cm³/mol. The van der Waals surface area contributed by atoms with E-state index in [0.29, 0.717) is 0 Å². The van der Waals surface area contributed by atoms with Gasteiger partial charge in [0.15, 0.2) is 0 Å². The van der Waals surface area contributed by atoms with Gasteiger partial charge in [-0.2, -0.15) is 0 Å². The molecule has 0 radical (unpaired) electrons. The molecule has 1 aliphatic carbocycles. The highest BCUT2D eigenvalue weighted by atomic mass is 15.2. The average molecular weight is 167 g/mol. The van der Waals surface area contributed by atoms with Gasteiger partial charge in [0, 0.05) is 13.1 Å². The number of hydrogen-bond acceptors (Lipinski definition) is 1. The molecule has 12 heavy (non-hydrogen) atoms. The zero-order valence-corrected chi connectivity index (χ0v) is 8.26. The Balaban J connectivity index is 1.75. The van der Waals surface area contributed by atoms with Crippen LogP contribution in [0, 0.1) is 11.8 Å². The number of hydrogen-bond donors (Lipinski definition) is 0. The van der Waals surface area contributed by atoms with Gasteiger partial charge < -0.3 is 4.90 Å². The highest BCUT2D eigenvalue weighted by molar-refractivity contribution is 4.88. The quantitative estimate of drug-likeness (QED) is 0.624. The van der Waals surface area contributed by atoms with E-state index < -0.39 is 0 Å². The van der Waals surface area contributed by atoms with Crippen LogP contribution in [0.15, 0.2) is 0 Å². The molecule has 2 rings (SSSR count). The number of fused-ring (bicyclic) bond motifs is 1. The maximum absolute atomic E-state index is 2.69. The molecule has 1 saturated heterocycles. The second-order valence-corrected chi connectivity index (χ2v) is 4.56. The molecular weight excluding hydrogens is 146 g/mol. The molecule has 2 fully saturated rings. The molecule has 2 atom stereocenters. The van der Waals surface area contributed by atoms with Gasteiger partial charge in [-0.15, -0.1) is 0 Å². The summed E-state index contributed by atoms with van der Waals surface area (Å²) in [5, 5.41) is 0. The standard InChI is InChI=1S/C11H21N/c1-2-3-7-12-8-10-5-4-6-11(10)9-12/h10-11H,2-9H2,1H3/t10-,11+. The molecule has 1 heterocycles. The smallest absolute Gasteiger partial charge is 0.00129 e. The number of rotatable bonds is 3. The fraction of sp³-hybridized carbons (Fsp3) is 1.00. The van der Waals surface area contributed by atoms with Crippen molar-refractivity contribution in [1.82, 2.24) is 4.90 Å². The minimum Gasteiger partial charge on any atom is -0.303 e. The summed E-state index contributed by atoms with van der Waals surface area (Å²) < 4.78 is 0. The summed E-state index contributed by atoms with van der Waals surface area (Å²) >= 11 is 0. The maximum atomic E-state index is 2.69. The normalized spacial score (nSPS) is 35.8. The second kappa shape index (κ2) is 3.78. The molecule has 0 N–H and O–H groups in total. The highest BCUT2D eigenvalue weighted by Crippen LogP contribution is 2.37. The summed E-state index contributed by atoms with van der Waals surface area (Å²) in [5.74, 6) is 2.17. The van der Waals surface area contributed by atoms with Crippen LogP contribution in [0.5, 0.6) is 0 Å². The van der Waals surface area contributed by atoms with Crippen molar-refractivity contribution in [3.8, 4) is 0 Å². The van der Waals surface area contributed by atoms with E-state index >= 15 is 0 Å². The van der Waals surface area contributed by atoms with E-state index in [1.54, 1.807) is 0 Å². The van der Waals surface area contributed by atoms with E-state index in [1.807, 2.05) is 0 Å². The molecule has 70 valence electrons. The van der Waals surface area contributed by atoms with Gasteiger partial charge in [0.1, 0.15) is 0 Å². The van der Waals surface area contributed by atoms with Crippen molar-refractivity contribution in [3.63, 3.8) is 0 Å². The van der Waals surface area contributed by atoms with Crippen LogP contribution in [-0.2, 0) is 0 Å². The Hall–Kier alpha value is -0.0400. The van der Waals surface area contributed by atoms with E-state index in [1.165, 1.54) is 51.7 Å². The Morgan fingerprint density at radius 1 is 1.17 bits per heavy atom. The van der Waals surface area contributed by atoms with Crippen LogP contribution in [0.4, 0.5) is 0 Å². The Labute approximate surface area is 76.1 Å². The maximum Gasteiger partial charge on any atom is 0.00129 e. The average Bonchev–Trinajstić information content (AvgIpc) is 2.58. The van der Waals surface area contributed by atoms with Crippen molar-refractivity contribution >= 4 is 0 Å². The molecule has 2 aliphatic rings. The molecule has 0 bridgehead atoms. The van der Waals surface area contributed by atoms with Crippen LogP contribution in [0.2, 0.25) is 0 Å². The first-order valence-electron chi connectivity index (χ1n) is 5.62. The Kier molecular flexibility index (Phi) is 2.69. The lowest BCUT2D eigenvalue weighted by Gasteiger charge is -2.15. The van der Waals surface area contributed by atoms with Crippen molar-refractivity contribution in [1.29, 1.82) is 0 Å². The number of likely N-dealkylation sites (tertiary alicyclic amines) is 1. The summed E-state index contributed by atoms with van der Waals surface area (Å²) in [7, 11) is 0. The van der Waals surface area contributed by atoms with Gasteiger partial charge in [0.2, 0.25) is 0 Å². The molecule has 1 saturated carbocycles. The van der Waals surface area contributed by atoms with E-state index in [-0.39, 0.29) is 0 Å². The molecule has 0 aromatic carbocycles. The van der Waals surface area contributed by atoms with Crippen LogP contribution < -0.4 is 0 Å². The van der Waals surface area contributed by atoms with Crippen molar-refractivity contribution < 1.29 is 0 Å². The second-order valence-electron chi connectivity index (χ2n) is 4.56. The van der Waals surface area contributed by atoms with Gasteiger partial charge in [0.25, 0.3) is 0 Å². The third-order valence-corrected chi connectivity index (χ3v) is 3.63. The zero-order valence-electron chi connectivity index (χ0n) is 8.26. The highest BCUT2D eigenvalue weighted by Gasteiger charge is 2.35. The van der Waals surface area contributed by atoms with Crippen LogP contribution in [-0.4, -0.2) is 24.5 Å². The van der Waals surface area contributed by atoms with Crippen molar-refractivity contribution in [2.75, 3.05) is 19.6 Å². The third kappa shape index (κ3) is 1.66. The first kappa shape index (κ1) is 8.55. The predicted octanol–water partition coefficient (Wildman–Crippen LogP) is 2.52. The molecule has 0 spiro atoms.